The van der Waals surface area contributed by atoms with Gasteiger partial charge in [0.15, 0.2) is 5.78 Å². The number of benzene rings is 2. The fourth-order valence-electron chi connectivity index (χ4n) is 2.02. The minimum Gasteiger partial charge on any atom is -0.292 e. The second-order valence-electron chi connectivity index (χ2n) is 4.55. The monoisotopic (exact) mass is 305 g/mol. The van der Waals surface area contributed by atoms with Crippen molar-refractivity contribution in [2.24, 2.45) is 0 Å². The van der Waals surface area contributed by atoms with Gasteiger partial charge < -0.3 is 0 Å². The molecule has 21 heavy (non-hydrogen) atoms. The number of hydrogen-bond donors (Lipinski definition) is 0. The number of Topliss-reactive ketones (excluding diaryl/α,β-unsaturated/α-hetero) is 1. The Kier molecular flexibility index (Phi) is 4.35. The van der Waals surface area contributed by atoms with Gasteiger partial charge in [-0.3, -0.25) is 4.79 Å². The van der Waals surface area contributed by atoms with E-state index in [9.17, 15) is 18.8 Å². The van der Waals surface area contributed by atoms with Crippen LogP contribution in [0.1, 0.15) is 27.4 Å². The van der Waals surface area contributed by atoms with E-state index in [4.69, 9.17) is 11.6 Å². The van der Waals surface area contributed by atoms with Crippen LogP contribution in [0.5, 0.6) is 0 Å². The first kappa shape index (κ1) is 15.1. The van der Waals surface area contributed by atoms with Gasteiger partial charge in [-0.2, -0.15) is 5.26 Å². The quantitative estimate of drug-likeness (QED) is 0.788. The van der Waals surface area contributed by atoms with Crippen molar-refractivity contribution >= 4 is 17.4 Å². The standard InChI is InChI=1S/C16H10ClF2NO/c1-9-2-3-10(18)6-13(9)16(21)14(8-20)12-5-4-11(19)7-15(12)17/h2-7,14H,1H3. The van der Waals surface area contributed by atoms with Crippen molar-refractivity contribution in [1.29, 1.82) is 5.26 Å². The molecule has 0 fully saturated rings. The molecule has 0 amide bonds. The summed E-state index contributed by atoms with van der Waals surface area (Å²) in [6.45, 7) is 1.65. The summed E-state index contributed by atoms with van der Waals surface area (Å²) in [5.41, 5.74) is 0.871. The summed E-state index contributed by atoms with van der Waals surface area (Å²) < 4.78 is 26.4. The van der Waals surface area contributed by atoms with E-state index in [1.54, 1.807) is 6.92 Å². The number of halogens is 3. The highest BCUT2D eigenvalue weighted by atomic mass is 35.5. The molecule has 0 aliphatic heterocycles. The molecule has 2 aromatic rings. The summed E-state index contributed by atoms with van der Waals surface area (Å²) in [6.07, 6.45) is 0. The van der Waals surface area contributed by atoms with Crippen LogP contribution in [0.3, 0.4) is 0 Å². The van der Waals surface area contributed by atoms with Crippen LogP contribution in [0.2, 0.25) is 5.02 Å². The average Bonchev–Trinajstić information content (AvgIpc) is 2.44. The van der Waals surface area contributed by atoms with Gasteiger partial charge in [0.2, 0.25) is 0 Å². The molecule has 0 spiro atoms. The van der Waals surface area contributed by atoms with Gasteiger partial charge in [-0.05, 0) is 42.3 Å². The highest BCUT2D eigenvalue weighted by molar-refractivity contribution is 6.31. The van der Waals surface area contributed by atoms with E-state index in [1.807, 2.05) is 6.07 Å². The van der Waals surface area contributed by atoms with Crippen molar-refractivity contribution in [3.05, 3.63) is 69.7 Å². The fourth-order valence-corrected chi connectivity index (χ4v) is 2.30. The Morgan fingerprint density at radius 3 is 2.43 bits per heavy atom. The normalized spacial score (nSPS) is 11.8. The van der Waals surface area contributed by atoms with E-state index < -0.39 is 23.3 Å². The smallest absolute Gasteiger partial charge is 0.184 e. The van der Waals surface area contributed by atoms with E-state index in [-0.39, 0.29) is 16.1 Å². The van der Waals surface area contributed by atoms with Crippen molar-refractivity contribution in [3.8, 4) is 6.07 Å². The molecule has 1 unspecified atom stereocenters. The molecule has 2 rings (SSSR count). The minimum atomic E-state index is -1.21. The number of nitriles is 1. The molecule has 106 valence electrons. The SMILES string of the molecule is Cc1ccc(F)cc1C(=O)C(C#N)c1ccc(F)cc1Cl. The number of carbonyl (C=O) groups excluding carboxylic acids is 1. The molecule has 0 N–H and O–H groups in total. The largest absolute Gasteiger partial charge is 0.292 e. The second kappa shape index (κ2) is 6.02. The third-order valence-corrected chi connectivity index (χ3v) is 3.46. The third-order valence-electron chi connectivity index (χ3n) is 3.13. The minimum absolute atomic E-state index is 0.0102. The first-order valence-corrected chi connectivity index (χ1v) is 6.46. The Balaban J connectivity index is 2.49. The van der Waals surface area contributed by atoms with Crippen LogP contribution in [-0.4, -0.2) is 5.78 Å². The zero-order valence-corrected chi connectivity index (χ0v) is 11.8. The topological polar surface area (TPSA) is 40.9 Å². The summed E-state index contributed by atoms with van der Waals surface area (Å²) in [7, 11) is 0. The Morgan fingerprint density at radius 1 is 1.19 bits per heavy atom. The predicted molar refractivity (Wildman–Crippen MR) is 75.2 cm³/mol. The average molecular weight is 306 g/mol. The van der Waals surface area contributed by atoms with Gasteiger partial charge in [-0.15, -0.1) is 0 Å². The predicted octanol–water partition coefficient (Wildman–Crippen LogP) is 4.42. The van der Waals surface area contributed by atoms with Crippen molar-refractivity contribution in [1.82, 2.24) is 0 Å². The Morgan fingerprint density at radius 2 is 1.81 bits per heavy atom. The van der Waals surface area contributed by atoms with Gasteiger partial charge in [-0.1, -0.05) is 23.7 Å². The van der Waals surface area contributed by atoms with Crippen LogP contribution in [0, 0.1) is 29.9 Å². The summed E-state index contributed by atoms with van der Waals surface area (Å²) >= 11 is 5.89. The third kappa shape index (κ3) is 3.09. The van der Waals surface area contributed by atoms with Crippen LogP contribution in [0.15, 0.2) is 36.4 Å². The number of rotatable bonds is 3. The molecule has 1 atom stereocenters. The maximum absolute atomic E-state index is 13.3. The van der Waals surface area contributed by atoms with Crippen LogP contribution < -0.4 is 0 Å². The molecule has 0 radical (unpaired) electrons. The number of ketones is 1. The van der Waals surface area contributed by atoms with Crippen molar-refractivity contribution < 1.29 is 13.6 Å². The maximum atomic E-state index is 13.3. The molecule has 2 nitrogen and oxygen atoms in total. The van der Waals surface area contributed by atoms with E-state index in [2.05, 4.69) is 0 Å². The van der Waals surface area contributed by atoms with Gasteiger partial charge in [0, 0.05) is 10.6 Å². The lowest BCUT2D eigenvalue weighted by Crippen LogP contribution is -2.13. The molecule has 0 saturated heterocycles. The molecule has 0 aliphatic rings. The zero-order chi connectivity index (χ0) is 15.6. The van der Waals surface area contributed by atoms with Gasteiger partial charge >= 0.3 is 0 Å². The summed E-state index contributed by atoms with van der Waals surface area (Å²) in [5.74, 6) is -2.90. The van der Waals surface area contributed by atoms with Crippen LogP contribution in [0.4, 0.5) is 8.78 Å². The number of hydrogen-bond acceptors (Lipinski definition) is 2. The lowest BCUT2D eigenvalue weighted by Gasteiger charge is -2.12. The number of carbonyl (C=O) groups is 1. The molecule has 0 heterocycles. The Bertz CT molecular complexity index is 752. The van der Waals surface area contributed by atoms with Gasteiger partial charge in [0.05, 0.1) is 6.07 Å². The second-order valence-corrected chi connectivity index (χ2v) is 4.96. The van der Waals surface area contributed by atoms with Gasteiger partial charge in [0.25, 0.3) is 0 Å². The first-order valence-electron chi connectivity index (χ1n) is 6.09. The first-order chi connectivity index (χ1) is 9.93. The van der Waals surface area contributed by atoms with E-state index in [1.165, 1.54) is 18.2 Å². The Labute approximate surface area is 125 Å². The molecule has 0 bridgehead atoms. The van der Waals surface area contributed by atoms with Gasteiger partial charge in [-0.25, -0.2) is 8.78 Å². The van der Waals surface area contributed by atoms with Gasteiger partial charge in [0.1, 0.15) is 17.6 Å². The summed E-state index contributed by atoms with van der Waals surface area (Å²) in [5, 5.41) is 9.24. The maximum Gasteiger partial charge on any atom is 0.184 e. The summed E-state index contributed by atoms with van der Waals surface area (Å²) in [6, 6.07) is 9.07. The Hall–Kier alpha value is -2.25. The molecule has 0 saturated carbocycles. The summed E-state index contributed by atoms with van der Waals surface area (Å²) in [4.78, 5) is 12.4. The van der Waals surface area contributed by atoms with Crippen LogP contribution in [0.25, 0.3) is 0 Å². The van der Waals surface area contributed by atoms with E-state index in [0.717, 1.165) is 18.2 Å². The van der Waals surface area contributed by atoms with E-state index >= 15 is 0 Å². The molecular weight excluding hydrogens is 296 g/mol. The molecule has 2 aromatic carbocycles. The van der Waals surface area contributed by atoms with Crippen molar-refractivity contribution in [2.45, 2.75) is 12.8 Å². The fraction of sp³-hybridized carbons (Fsp3) is 0.125. The number of nitrogens with zero attached hydrogens (tertiary/aromatic N) is 1. The number of aryl methyl sites for hydroxylation is 1. The highest BCUT2D eigenvalue weighted by Crippen LogP contribution is 2.29. The zero-order valence-electron chi connectivity index (χ0n) is 11.0. The highest BCUT2D eigenvalue weighted by Gasteiger charge is 2.25. The molecule has 5 heteroatoms. The lowest BCUT2D eigenvalue weighted by molar-refractivity contribution is 0.0978. The van der Waals surface area contributed by atoms with Crippen LogP contribution in [-0.2, 0) is 0 Å². The lowest BCUT2D eigenvalue weighted by atomic mass is 9.90. The molecular formula is C16H10ClF2NO. The van der Waals surface area contributed by atoms with Crippen molar-refractivity contribution in [3.63, 3.8) is 0 Å². The van der Waals surface area contributed by atoms with E-state index in [0.29, 0.717) is 5.56 Å². The van der Waals surface area contributed by atoms with Crippen LogP contribution >= 0.6 is 11.6 Å². The molecule has 0 aromatic heterocycles. The molecule has 0 aliphatic carbocycles. The van der Waals surface area contributed by atoms with Crippen molar-refractivity contribution in [2.75, 3.05) is 0 Å².